The van der Waals surface area contributed by atoms with Crippen LogP contribution in [-0.2, 0) is 9.84 Å². The zero-order valence-electron chi connectivity index (χ0n) is 13.8. The summed E-state index contributed by atoms with van der Waals surface area (Å²) < 4.78 is 42.4. The van der Waals surface area contributed by atoms with E-state index in [-0.39, 0.29) is 22.1 Å². The van der Waals surface area contributed by atoms with E-state index in [4.69, 9.17) is 16.3 Å². The van der Waals surface area contributed by atoms with Crippen molar-refractivity contribution < 1.29 is 27.1 Å². The number of ether oxygens (including phenoxy) is 1. The summed E-state index contributed by atoms with van der Waals surface area (Å²) in [6.45, 7) is 2.85. The normalized spacial score (nSPS) is 11.2. The summed E-state index contributed by atoms with van der Waals surface area (Å²) >= 11 is 5.86. The van der Waals surface area contributed by atoms with Gasteiger partial charge in [0.2, 0.25) is 15.0 Å². The van der Waals surface area contributed by atoms with Crippen LogP contribution in [0.1, 0.15) is 41.1 Å². The average Bonchev–Trinajstić information content (AvgIpc) is 2.56. The number of rotatable bonds is 6. The zero-order valence-corrected chi connectivity index (χ0v) is 15.4. The quantitative estimate of drug-likeness (QED) is 0.318. The van der Waals surface area contributed by atoms with Crippen molar-refractivity contribution in [2.45, 2.75) is 25.4 Å². The second kappa shape index (κ2) is 7.88. The molecule has 0 fully saturated rings. The van der Waals surface area contributed by atoms with Gasteiger partial charge in [0.25, 0.3) is 0 Å². The van der Waals surface area contributed by atoms with Crippen LogP contribution < -0.4 is 4.74 Å². The minimum absolute atomic E-state index is 0.151. The Kier molecular flexibility index (Phi) is 6.04. The summed E-state index contributed by atoms with van der Waals surface area (Å²) in [5, 5.41) is -0.779. The van der Waals surface area contributed by atoms with Gasteiger partial charge in [0.1, 0.15) is 11.6 Å². The molecule has 0 unspecified atom stereocenters. The number of sulfone groups is 1. The first-order chi connectivity index (χ1) is 12.2. The summed E-state index contributed by atoms with van der Waals surface area (Å²) in [7, 11) is -3.78. The molecule has 0 atom stereocenters. The number of esters is 1. The number of hydrogen-bond donors (Lipinski definition) is 0. The maximum atomic E-state index is 13.3. The molecule has 0 saturated carbocycles. The first kappa shape index (κ1) is 19.9. The highest BCUT2D eigenvalue weighted by Crippen LogP contribution is 2.23. The Morgan fingerprint density at radius 2 is 2.00 bits per heavy atom. The first-order valence-electron chi connectivity index (χ1n) is 7.43. The molecule has 0 radical (unpaired) electrons. The topological polar surface area (TPSA) is 103 Å². The number of carbonyl (C=O) groups is 2. The van der Waals surface area contributed by atoms with Crippen LogP contribution in [-0.4, -0.2) is 35.9 Å². The van der Waals surface area contributed by atoms with E-state index in [9.17, 15) is 22.4 Å². The first-order valence-corrected chi connectivity index (χ1v) is 9.46. The second-order valence-corrected chi connectivity index (χ2v) is 7.66. The SMILES string of the molecule is CCCS(=O)(=O)c1ncc(Cl)c(C(=O)Oc2ccc(F)cc2C(C)=O)n1. The number of benzene rings is 1. The number of nitrogens with zero attached hydrogens (tertiary/aromatic N) is 2. The predicted octanol–water partition coefficient (Wildman–Crippen LogP) is 2.87. The molecule has 0 amide bonds. The van der Waals surface area contributed by atoms with Gasteiger partial charge in [0.05, 0.1) is 22.5 Å². The predicted molar refractivity (Wildman–Crippen MR) is 90.7 cm³/mol. The van der Waals surface area contributed by atoms with Crippen LogP contribution in [0, 0.1) is 5.82 Å². The van der Waals surface area contributed by atoms with E-state index in [1.165, 1.54) is 6.92 Å². The van der Waals surface area contributed by atoms with E-state index >= 15 is 0 Å². The van der Waals surface area contributed by atoms with E-state index < -0.39 is 38.3 Å². The second-order valence-electron chi connectivity index (χ2n) is 5.25. The fourth-order valence-electron chi connectivity index (χ4n) is 2.02. The molecule has 7 nitrogen and oxygen atoms in total. The molecule has 2 rings (SSSR count). The molecule has 0 aliphatic rings. The van der Waals surface area contributed by atoms with Gasteiger partial charge in [-0.15, -0.1) is 0 Å². The van der Waals surface area contributed by atoms with Crippen LogP contribution in [0.15, 0.2) is 29.6 Å². The van der Waals surface area contributed by atoms with Crippen molar-refractivity contribution in [2.75, 3.05) is 5.75 Å². The molecule has 2 aromatic rings. The number of carbonyl (C=O) groups excluding carboxylic acids is 2. The fraction of sp³-hybridized carbons (Fsp3) is 0.250. The lowest BCUT2D eigenvalue weighted by Gasteiger charge is -2.09. The lowest BCUT2D eigenvalue weighted by Crippen LogP contribution is -2.17. The molecule has 0 spiro atoms. The summed E-state index contributed by atoms with van der Waals surface area (Å²) in [5.74, 6) is -2.69. The van der Waals surface area contributed by atoms with E-state index in [2.05, 4.69) is 9.97 Å². The lowest BCUT2D eigenvalue weighted by atomic mass is 10.1. The van der Waals surface area contributed by atoms with Crippen molar-refractivity contribution in [3.8, 4) is 5.75 Å². The highest BCUT2D eigenvalue weighted by Gasteiger charge is 2.24. The number of hydrogen-bond acceptors (Lipinski definition) is 7. The smallest absolute Gasteiger partial charge is 0.364 e. The van der Waals surface area contributed by atoms with Gasteiger partial charge in [-0.2, -0.15) is 0 Å². The van der Waals surface area contributed by atoms with Crippen molar-refractivity contribution in [2.24, 2.45) is 0 Å². The minimum atomic E-state index is -3.78. The Balaban J connectivity index is 2.41. The number of halogens is 2. The molecule has 0 bridgehead atoms. The number of Topliss-reactive ketones (excluding diaryl/α,β-unsaturated/α-hetero) is 1. The molecule has 0 aliphatic heterocycles. The summed E-state index contributed by atoms with van der Waals surface area (Å²) in [5.41, 5.74) is -0.627. The van der Waals surface area contributed by atoms with Crippen molar-refractivity contribution in [1.29, 1.82) is 0 Å². The third kappa shape index (κ3) is 4.41. The Labute approximate surface area is 154 Å². The zero-order chi connectivity index (χ0) is 19.5. The van der Waals surface area contributed by atoms with Gasteiger partial charge in [-0.1, -0.05) is 18.5 Å². The van der Waals surface area contributed by atoms with E-state index in [0.717, 1.165) is 24.4 Å². The molecule has 1 aromatic carbocycles. The van der Waals surface area contributed by atoms with Crippen molar-refractivity contribution in [3.05, 3.63) is 46.5 Å². The Morgan fingerprint density at radius 3 is 2.62 bits per heavy atom. The number of aromatic nitrogens is 2. The molecule has 0 aliphatic carbocycles. The molecular weight excluding hydrogens is 387 g/mol. The fourth-order valence-corrected chi connectivity index (χ4v) is 3.35. The highest BCUT2D eigenvalue weighted by molar-refractivity contribution is 7.91. The van der Waals surface area contributed by atoms with Gasteiger partial charge in [-0.25, -0.2) is 27.6 Å². The number of ketones is 1. The van der Waals surface area contributed by atoms with Crippen LogP contribution in [0.4, 0.5) is 4.39 Å². The highest BCUT2D eigenvalue weighted by atomic mass is 35.5. The lowest BCUT2D eigenvalue weighted by molar-refractivity contribution is 0.0725. The van der Waals surface area contributed by atoms with Gasteiger partial charge in [-0.3, -0.25) is 4.79 Å². The molecule has 1 heterocycles. The monoisotopic (exact) mass is 400 g/mol. The molecule has 0 N–H and O–H groups in total. The van der Waals surface area contributed by atoms with Gasteiger partial charge in [0, 0.05) is 0 Å². The van der Waals surface area contributed by atoms with Crippen LogP contribution in [0.5, 0.6) is 5.75 Å². The van der Waals surface area contributed by atoms with Crippen LogP contribution in [0.25, 0.3) is 0 Å². The molecule has 26 heavy (non-hydrogen) atoms. The van der Waals surface area contributed by atoms with E-state index in [0.29, 0.717) is 6.42 Å². The maximum Gasteiger partial charge on any atom is 0.364 e. The summed E-state index contributed by atoms with van der Waals surface area (Å²) in [4.78, 5) is 31.2. The van der Waals surface area contributed by atoms with Crippen LogP contribution >= 0.6 is 11.6 Å². The van der Waals surface area contributed by atoms with E-state index in [1.807, 2.05) is 0 Å². The Morgan fingerprint density at radius 1 is 1.31 bits per heavy atom. The molecule has 10 heteroatoms. The summed E-state index contributed by atoms with van der Waals surface area (Å²) in [6.07, 6.45) is 1.32. The van der Waals surface area contributed by atoms with Crippen molar-refractivity contribution in [3.63, 3.8) is 0 Å². The molecular formula is C16H14ClFN2O5S. The minimum Gasteiger partial charge on any atom is -0.421 e. The molecule has 0 saturated heterocycles. The third-order valence-electron chi connectivity index (χ3n) is 3.19. The van der Waals surface area contributed by atoms with E-state index in [1.54, 1.807) is 6.92 Å². The average molecular weight is 401 g/mol. The summed E-state index contributed by atoms with van der Waals surface area (Å²) in [6, 6.07) is 3.03. The third-order valence-corrected chi connectivity index (χ3v) is 5.17. The van der Waals surface area contributed by atoms with Crippen molar-refractivity contribution >= 4 is 33.2 Å². The van der Waals surface area contributed by atoms with Crippen LogP contribution in [0.2, 0.25) is 5.02 Å². The van der Waals surface area contributed by atoms with Gasteiger partial charge in [0.15, 0.2) is 11.5 Å². The van der Waals surface area contributed by atoms with Gasteiger partial charge < -0.3 is 4.74 Å². The Hall–Kier alpha value is -2.39. The Bertz CT molecular complexity index is 979. The van der Waals surface area contributed by atoms with Crippen LogP contribution in [0.3, 0.4) is 0 Å². The maximum absolute atomic E-state index is 13.3. The molecule has 1 aromatic heterocycles. The van der Waals surface area contributed by atoms with Crippen molar-refractivity contribution in [1.82, 2.24) is 9.97 Å². The largest absolute Gasteiger partial charge is 0.421 e. The molecule has 138 valence electrons. The standard InChI is InChI=1S/C16H14ClFN2O5S/c1-3-6-26(23,24)16-19-8-12(17)14(20-16)15(22)25-13-5-4-10(18)7-11(13)9(2)21/h4-5,7-8H,3,6H2,1-2H3. The van der Waals surface area contributed by atoms with Gasteiger partial charge >= 0.3 is 5.97 Å². The van der Waals surface area contributed by atoms with Gasteiger partial charge in [-0.05, 0) is 31.5 Å².